The van der Waals surface area contributed by atoms with Gasteiger partial charge in [-0.25, -0.2) is 4.39 Å². The molecule has 0 spiro atoms. The van der Waals surface area contributed by atoms with Crippen molar-refractivity contribution in [3.63, 3.8) is 0 Å². The molecule has 0 atom stereocenters. The van der Waals surface area contributed by atoms with Gasteiger partial charge in [0.2, 0.25) is 0 Å². The second-order valence-electron chi connectivity index (χ2n) is 2.65. The fourth-order valence-electron chi connectivity index (χ4n) is 0.981. The summed E-state index contributed by atoms with van der Waals surface area (Å²) in [6, 6.07) is 4.74. The number of nitrogens with two attached hydrogens (primary N) is 1. The smallest absolute Gasteiger partial charge is 0.252 e. The van der Waals surface area contributed by atoms with Gasteiger partial charge in [-0.3, -0.25) is 4.79 Å². The molecular formula is C9H10ClFN2O. The van der Waals surface area contributed by atoms with Crippen molar-refractivity contribution < 1.29 is 9.18 Å². The number of amides is 1. The second-order valence-corrected chi connectivity index (χ2v) is 3.03. The molecule has 0 aliphatic rings. The molecule has 0 saturated carbocycles. The van der Waals surface area contributed by atoms with Crippen LogP contribution in [0.4, 0.5) is 10.1 Å². The van der Waals surface area contributed by atoms with Crippen LogP contribution in [0.3, 0.4) is 0 Å². The van der Waals surface area contributed by atoms with Gasteiger partial charge in [-0.1, -0.05) is 17.7 Å². The predicted molar refractivity (Wildman–Crippen MR) is 54.2 cm³/mol. The Kier molecular flexibility index (Phi) is 3.71. The normalized spacial score (nSPS) is 9.86. The summed E-state index contributed by atoms with van der Waals surface area (Å²) in [6.07, 6.45) is 0. The molecule has 3 N–H and O–H groups in total. The highest BCUT2D eigenvalue weighted by atomic mass is 35.5. The zero-order chi connectivity index (χ0) is 10.6. The number of halogens is 2. The van der Waals surface area contributed by atoms with Crippen LogP contribution >= 0.6 is 11.6 Å². The first-order valence-corrected chi connectivity index (χ1v) is 4.42. The zero-order valence-electron chi connectivity index (χ0n) is 7.39. The molecule has 1 aromatic rings. The maximum absolute atomic E-state index is 11.8. The van der Waals surface area contributed by atoms with E-state index in [2.05, 4.69) is 5.32 Å². The van der Waals surface area contributed by atoms with Crippen LogP contribution in [-0.4, -0.2) is 19.1 Å². The van der Waals surface area contributed by atoms with E-state index < -0.39 is 12.6 Å². The van der Waals surface area contributed by atoms with Crippen LogP contribution < -0.4 is 11.1 Å². The second kappa shape index (κ2) is 4.81. The van der Waals surface area contributed by atoms with Gasteiger partial charge in [-0.05, 0) is 12.1 Å². The average molecular weight is 217 g/mol. The van der Waals surface area contributed by atoms with Crippen molar-refractivity contribution in [3.05, 3.63) is 28.8 Å². The topological polar surface area (TPSA) is 55.1 Å². The summed E-state index contributed by atoms with van der Waals surface area (Å²) in [7, 11) is 0. The average Bonchev–Trinajstić information content (AvgIpc) is 2.18. The number of alkyl halides is 1. The van der Waals surface area contributed by atoms with Crippen LogP contribution in [0.15, 0.2) is 18.2 Å². The lowest BCUT2D eigenvalue weighted by Crippen LogP contribution is -2.25. The van der Waals surface area contributed by atoms with Crippen LogP contribution in [0, 0.1) is 0 Å². The predicted octanol–water partition coefficient (Wildman–Crippen LogP) is 1.62. The molecule has 0 fully saturated rings. The Balaban J connectivity index is 2.84. The lowest BCUT2D eigenvalue weighted by Gasteiger charge is -2.06. The highest BCUT2D eigenvalue weighted by molar-refractivity contribution is 6.36. The molecule has 3 nitrogen and oxygen atoms in total. The van der Waals surface area contributed by atoms with E-state index in [9.17, 15) is 9.18 Å². The zero-order valence-corrected chi connectivity index (χ0v) is 8.14. The van der Waals surface area contributed by atoms with Gasteiger partial charge in [-0.2, -0.15) is 0 Å². The van der Waals surface area contributed by atoms with Crippen LogP contribution in [-0.2, 0) is 0 Å². The molecule has 5 heteroatoms. The fraction of sp³-hybridized carbons (Fsp3) is 0.222. The highest BCUT2D eigenvalue weighted by Crippen LogP contribution is 2.22. The minimum atomic E-state index is -0.605. The van der Waals surface area contributed by atoms with Crippen molar-refractivity contribution in [2.24, 2.45) is 0 Å². The Morgan fingerprint density at radius 1 is 1.57 bits per heavy atom. The third-order valence-corrected chi connectivity index (χ3v) is 2.08. The maximum Gasteiger partial charge on any atom is 0.252 e. The van der Waals surface area contributed by atoms with Crippen molar-refractivity contribution in [1.82, 2.24) is 5.32 Å². The maximum atomic E-state index is 11.8. The molecule has 1 amide bonds. The third-order valence-electron chi connectivity index (χ3n) is 1.65. The first-order valence-electron chi connectivity index (χ1n) is 4.05. The number of carbonyl (C=O) groups is 1. The minimum absolute atomic E-state index is 0.0238. The van der Waals surface area contributed by atoms with E-state index in [0.717, 1.165) is 0 Å². The van der Waals surface area contributed by atoms with Crippen molar-refractivity contribution in [2.75, 3.05) is 19.0 Å². The van der Waals surface area contributed by atoms with Gasteiger partial charge < -0.3 is 11.1 Å². The van der Waals surface area contributed by atoms with Gasteiger partial charge in [0.25, 0.3) is 5.91 Å². The summed E-state index contributed by atoms with van der Waals surface area (Å²) in [4.78, 5) is 11.4. The molecule has 76 valence electrons. The van der Waals surface area contributed by atoms with E-state index in [1.165, 1.54) is 6.07 Å². The Hall–Kier alpha value is -1.29. The van der Waals surface area contributed by atoms with Crippen LogP contribution in [0.25, 0.3) is 0 Å². The van der Waals surface area contributed by atoms with E-state index in [-0.39, 0.29) is 17.1 Å². The molecular weight excluding hydrogens is 207 g/mol. The van der Waals surface area contributed by atoms with Crippen molar-refractivity contribution in [3.8, 4) is 0 Å². The summed E-state index contributed by atoms with van der Waals surface area (Å²) in [5, 5.41) is 2.56. The number of nitrogens with one attached hydrogen (secondary N) is 1. The Bertz CT molecular complexity index is 344. The standard InChI is InChI=1S/C9H10ClFN2O/c10-8-6(2-1-3-7(8)12)9(14)13-5-4-11/h1-3H,4-5,12H2,(H,13,14). The van der Waals surface area contributed by atoms with E-state index >= 15 is 0 Å². The Labute approximate surface area is 86.0 Å². The molecule has 0 unspecified atom stereocenters. The molecule has 1 rings (SSSR count). The summed E-state index contributed by atoms with van der Waals surface area (Å²) in [6.45, 7) is -0.629. The van der Waals surface area contributed by atoms with Crippen molar-refractivity contribution in [1.29, 1.82) is 0 Å². The summed E-state index contributed by atoms with van der Waals surface area (Å²) >= 11 is 5.79. The third kappa shape index (κ3) is 2.35. The van der Waals surface area contributed by atoms with Crippen molar-refractivity contribution >= 4 is 23.2 Å². The van der Waals surface area contributed by atoms with Gasteiger partial charge in [0.05, 0.1) is 16.3 Å². The molecule has 14 heavy (non-hydrogen) atoms. The lowest BCUT2D eigenvalue weighted by atomic mass is 10.2. The van der Waals surface area contributed by atoms with Gasteiger partial charge >= 0.3 is 0 Å². The van der Waals surface area contributed by atoms with Crippen LogP contribution in [0.2, 0.25) is 5.02 Å². The summed E-state index contributed by atoms with van der Waals surface area (Å²) in [5.41, 5.74) is 6.10. The fourth-order valence-corrected chi connectivity index (χ4v) is 1.19. The van der Waals surface area contributed by atoms with Gasteiger partial charge in [-0.15, -0.1) is 0 Å². The first-order chi connectivity index (χ1) is 6.66. The van der Waals surface area contributed by atoms with Crippen molar-refractivity contribution in [2.45, 2.75) is 0 Å². The number of anilines is 1. The number of carbonyl (C=O) groups excluding carboxylic acids is 1. The molecule has 0 bridgehead atoms. The number of hydrogen-bond donors (Lipinski definition) is 2. The summed E-state index contributed by atoms with van der Waals surface area (Å²) < 4.78 is 11.8. The number of hydrogen-bond acceptors (Lipinski definition) is 2. The SMILES string of the molecule is Nc1cccc(C(=O)NCCF)c1Cl. The molecule has 1 aromatic carbocycles. The number of benzene rings is 1. The molecule has 0 aromatic heterocycles. The lowest BCUT2D eigenvalue weighted by molar-refractivity contribution is 0.0951. The van der Waals surface area contributed by atoms with Gasteiger partial charge in [0, 0.05) is 6.54 Å². The van der Waals surface area contributed by atoms with E-state index in [4.69, 9.17) is 17.3 Å². The number of rotatable bonds is 3. The van der Waals surface area contributed by atoms with E-state index in [1.807, 2.05) is 0 Å². The Morgan fingerprint density at radius 2 is 2.29 bits per heavy atom. The monoisotopic (exact) mass is 216 g/mol. The first kappa shape index (κ1) is 10.8. The molecule has 0 saturated heterocycles. The molecule has 0 aliphatic heterocycles. The summed E-state index contributed by atoms with van der Waals surface area (Å²) in [5.74, 6) is -0.417. The Morgan fingerprint density at radius 3 is 2.93 bits per heavy atom. The quantitative estimate of drug-likeness (QED) is 0.755. The largest absolute Gasteiger partial charge is 0.398 e. The highest BCUT2D eigenvalue weighted by Gasteiger charge is 2.10. The molecule has 0 aliphatic carbocycles. The molecule has 0 heterocycles. The van der Waals surface area contributed by atoms with E-state index in [0.29, 0.717) is 5.69 Å². The van der Waals surface area contributed by atoms with E-state index in [1.54, 1.807) is 12.1 Å². The van der Waals surface area contributed by atoms with Gasteiger partial charge in [0.1, 0.15) is 6.67 Å². The molecule has 0 radical (unpaired) electrons. The van der Waals surface area contributed by atoms with Gasteiger partial charge in [0.15, 0.2) is 0 Å². The minimum Gasteiger partial charge on any atom is -0.398 e. The van der Waals surface area contributed by atoms with Crippen LogP contribution in [0.5, 0.6) is 0 Å². The van der Waals surface area contributed by atoms with Crippen LogP contribution in [0.1, 0.15) is 10.4 Å². The number of nitrogen functional groups attached to an aromatic ring is 1.